The Balaban J connectivity index is -0.0000000750. The standard InChI is InChI=1S/2C10H19O5.3C5H10O3.4Rf/c2*1-3-4-14-6-10(12)8-15-7-9(11)5-13-2;3*1-7-3-5(6)4-8-2;;;;/h2*3,9-12H,1-2,4-8H2;3*5-6H,1-4H2;;;;/q2*-1;3*-2;;;;. The van der Waals surface area contributed by atoms with Crippen LogP contribution in [-0.2, 0) is 56.8 Å². The van der Waals surface area contributed by atoms with Crippen molar-refractivity contribution in [2.24, 2.45) is 0 Å². The van der Waals surface area contributed by atoms with E-state index in [0.29, 0.717) is 13.2 Å². The van der Waals surface area contributed by atoms with Gasteiger partial charge < -0.3 is 92.6 Å². The van der Waals surface area contributed by atoms with Crippen LogP contribution >= 0.6 is 0 Å². The largest absolute Gasteiger partial charge is 0.553 e. The van der Waals surface area contributed by atoms with E-state index >= 15 is 0 Å². The van der Waals surface area contributed by atoms with E-state index in [1.807, 2.05) is 0 Å². The topological polar surface area (TPSA) is 252 Å². The molecule has 338 valence electrons. The smallest absolute Gasteiger partial charge is 0.101 e. The van der Waals surface area contributed by atoms with Crippen molar-refractivity contribution in [1.82, 2.24) is 0 Å². The predicted molar refractivity (Wildman–Crippen MR) is 196 cm³/mol. The molecule has 0 aliphatic carbocycles. The van der Waals surface area contributed by atoms with E-state index in [1.165, 1.54) is 0 Å². The Bertz CT molecular complexity index is 618. The average molecular weight is 1860 g/mol. The quantitative estimate of drug-likeness (QED) is 0.0252. The average Bonchev–Trinajstić information content (AvgIpc) is 3.11. The Labute approximate surface area is 323 Å². The molecule has 0 aromatic carbocycles. The van der Waals surface area contributed by atoms with Gasteiger partial charge in [-0.3, -0.25) is 0 Å². The first-order chi connectivity index (χ1) is 25.8. The Morgan fingerprint density at radius 3 is 0.586 bits per heavy atom. The molecule has 0 aromatic rings. The minimum Gasteiger partial charge on any atom is -0.553 e. The first-order valence-corrected chi connectivity index (χ1v) is 16.1. The third-order valence-electron chi connectivity index (χ3n) is 4.81. The van der Waals surface area contributed by atoms with Crippen molar-refractivity contribution in [2.75, 3.05) is 106 Å². The number of ether oxygens (including phenoxy) is 12. The SMILES string of the molecule is C=CCOCC(O)COCC(O)CO[CH2-].C=CCOCC(O)COCC(O)CO[CH2-].[CH2-]OCC(O)CO[CH2-].[CH2-]OCC(O)CO[CH2-].[CH2-]OCC(O)CO[CH2-].[Rf].[Rf].[Rf].[Rf]. The molecule has 0 rings (SSSR count). The zero-order valence-electron chi connectivity index (χ0n) is 34.4. The molecular formula is C35H68O19Rf4-8. The van der Waals surface area contributed by atoms with Gasteiger partial charge in [-0.05, 0) is 0 Å². The fourth-order valence-electron chi connectivity index (χ4n) is 2.68. The van der Waals surface area contributed by atoms with E-state index in [0.717, 1.165) is 0 Å². The third kappa shape index (κ3) is 75.6. The van der Waals surface area contributed by atoms with E-state index in [4.69, 9.17) is 44.5 Å². The maximum atomic E-state index is 9.31. The van der Waals surface area contributed by atoms with Gasteiger partial charge in [0, 0.05) is 52.9 Å². The third-order valence-corrected chi connectivity index (χ3v) is 4.81. The Hall–Kier alpha value is -5.28. The second kappa shape index (κ2) is 63.7. The van der Waals surface area contributed by atoms with Crippen LogP contribution in [0.25, 0.3) is 0 Å². The van der Waals surface area contributed by atoms with Crippen LogP contribution < -0.4 is 0 Å². The molecule has 0 aliphatic heterocycles. The molecular weight excluding hydrogens is 1790 g/mol. The number of hydrogen-bond acceptors (Lipinski definition) is 19. The van der Waals surface area contributed by atoms with Gasteiger partial charge in [0.25, 0.3) is 0 Å². The fourth-order valence-corrected chi connectivity index (χ4v) is 2.68. The molecule has 0 bridgehead atoms. The predicted octanol–water partition coefficient (Wildman–Crippen LogP) is -0.638. The summed E-state index contributed by atoms with van der Waals surface area (Å²) in [6.45, 7) is 9.93. The Kier molecular flexibility index (Phi) is 81.0. The van der Waals surface area contributed by atoms with Gasteiger partial charge in [0.15, 0.2) is 0 Å². The molecule has 4 unspecified atom stereocenters. The van der Waals surface area contributed by atoms with Crippen molar-refractivity contribution in [3.05, 3.63) is 82.2 Å². The van der Waals surface area contributed by atoms with Crippen molar-refractivity contribution < 1.29 is 92.6 Å². The summed E-state index contributed by atoms with van der Waals surface area (Å²) in [6.07, 6.45) is -1.45. The van der Waals surface area contributed by atoms with Gasteiger partial charge in [0.2, 0.25) is 0 Å². The van der Waals surface area contributed by atoms with E-state index in [1.54, 1.807) is 12.2 Å². The van der Waals surface area contributed by atoms with E-state index in [9.17, 15) is 10.2 Å². The summed E-state index contributed by atoms with van der Waals surface area (Å²) in [6, 6.07) is 0. The van der Waals surface area contributed by atoms with E-state index in [-0.39, 0.29) is 92.5 Å². The van der Waals surface area contributed by atoms with Crippen LogP contribution in [-0.4, -0.2) is 184 Å². The normalized spacial score (nSPS) is 12.0. The molecule has 0 radical (unpaired) electrons. The molecule has 0 fully saturated rings. The molecule has 0 spiro atoms. The van der Waals surface area contributed by atoms with Gasteiger partial charge >= 0.3 is 0 Å². The van der Waals surface area contributed by atoms with E-state index in [2.05, 4.69) is 108 Å². The van der Waals surface area contributed by atoms with Crippen LogP contribution in [0.3, 0.4) is 0 Å². The zero-order chi connectivity index (χ0) is 42.3. The summed E-state index contributed by atoms with van der Waals surface area (Å²) in [5.74, 6) is 0. The summed E-state index contributed by atoms with van der Waals surface area (Å²) in [5.41, 5.74) is 0. The van der Waals surface area contributed by atoms with Gasteiger partial charge in [0.05, 0.1) is 83.4 Å². The van der Waals surface area contributed by atoms with Crippen LogP contribution in [0.1, 0.15) is 0 Å². The minimum absolute atomic E-state index is 0. The number of rotatable bonds is 32. The molecule has 23 heteroatoms. The molecule has 7 N–H and O–H groups in total. The molecule has 0 heterocycles. The van der Waals surface area contributed by atoms with Crippen LogP contribution in [0.5, 0.6) is 0 Å². The summed E-state index contributed by atoms with van der Waals surface area (Å²) in [7, 11) is 24.7. The van der Waals surface area contributed by atoms with Crippen LogP contribution in [0.15, 0.2) is 25.3 Å². The van der Waals surface area contributed by atoms with Crippen molar-refractivity contribution in [3.8, 4) is 0 Å². The van der Waals surface area contributed by atoms with Crippen molar-refractivity contribution in [1.29, 1.82) is 0 Å². The molecule has 0 aromatic heterocycles. The maximum Gasteiger partial charge on any atom is 0.101 e. The minimum atomic E-state index is -0.719. The van der Waals surface area contributed by atoms with Gasteiger partial charge in [-0.2, -0.15) is 0 Å². The molecule has 0 aliphatic rings. The molecule has 0 saturated carbocycles. The van der Waals surface area contributed by atoms with Crippen molar-refractivity contribution in [2.45, 2.75) is 42.7 Å². The summed E-state index contributed by atoms with van der Waals surface area (Å²) in [4.78, 5) is 0. The van der Waals surface area contributed by atoms with Crippen LogP contribution in [0, 0.1) is 56.9 Å². The zero-order valence-corrected chi connectivity index (χ0v) is 60.0. The maximum absolute atomic E-state index is 9.31. The van der Waals surface area contributed by atoms with Gasteiger partial charge in [-0.1, -0.05) is 12.2 Å². The summed E-state index contributed by atoms with van der Waals surface area (Å²) >= 11 is 0. The first-order valence-electron chi connectivity index (χ1n) is 16.1. The number of aliphatic hydroxyl groups is 7. The van der Waals surface area contributed by atoms with Gasteiger partial charge in [-0.15, -0.1) is 13.2 Å². The van der Waals surface area contributed by atoms with Gasteiger partial charge in [0.1, 0.15) is 12.2 Å². The first kappa shape index (κ1) is 73.8. The Morgan fingerprint density at radius 1 is 0.293 bits per heavy atom. The molecule has 4 atom stereocenters. The van der Waals surface area contributed by atoms with Gasteiger partial charge in [-0.25, -0.2) is 56.9 Å². The Morgan fingerprint density at radius 2 is 0.431 bits per heavy atom. The number of hydrogen-bond donors (Lipinski definition) is 7. The monoisotopic (exact) mass is 1860 g/mol. The molecule has 58 heavy (non-hydrogen) atoms. The fraction of sp³-hybridized carbons (Fsp3) is 0.657. The number of aliphatic hydroxyl groups excluding tert-OH is 7. The molecule has 0 amide bonds. The van der Waals surface area contributed by atoms with Crippen LogP contribution in [0.4, 0.5) is 0 Å². The van der Waals surface area contributed by atoms with Crippen molar-refractivity contribution in [3.63, 3.8) is 0 Å². The second-order valence-electron chi connectivity index (χ2n) is 10.3. The summed E-state index contributed by atoms with van der Waals surface area (Å²) < 4.78 is 55.1. The summed E-state index contributed by atoms with van der Waals surface area (Å²) in [5, 5.41) is 63.1. The molecule has 0 saturated heterocycles. The van der Waals surface area contributed by atoms with Crippen molar-refractivity contribution >= 4 is 0 Å². The van der Waals surface area contributed by atoms with E-state index < -0.39 is 42.7 Å². The molecule has 19 nitrogen and oxygen atoms in total. The van der Waals surface area contributed by atoms with Crippen LogP contribution in [0.2, 0.25) is 0 Å². The second-order valence-corrected chi connectivity index (χ2v) is 10.3.